The summed E-state index contributed by atoms with van der Waals surface area (Å²) in [5.41, 5.74) is 1.54. The van der Waals surface area contributed by atoms with E-state index in [-0.39, 0.29) is 28.3 Å². The Bertz CT molecular complexity index is 1540. The van der Waals surface area contributed by atoms with E-state index in [0.717, 1.165) is 11.3 Å². The molecule has 11 heteroatoms. The highest BCUT2D eigenvalue weighted by molar-refractivity contribution is 7.07. The van der Waals surface area contributed by atoms with Crippen LogP contribution in [-0.4, -0.2) is 28.2 Å². The van der Waals surface area contributed by atoms with Crippen LogP contribution in [-0.2, 0) is 9.53 Å². The number of rotatable bonds is 6. The maximum atomic E-state index is 13.5. The van der Waals surface area contributed by atoms with Crippen LogP contribution < -0.4 is 20.2 Å². The second-order valence-electron chi connectivity index (χ2n) is 7.50. The van der Waals surface area contributed by atoms with Crippen molar-refractivity contribution in [1.29, 1.82) is 0 Å². The highest BCUT2D eigenvalue weighted by atomic mass is 35.5. The summed E-state index contributed by atoms with van der Waals surface area (Å²) in [6.45, 7) is 3.60. The molecule has 1 aromatic heterocycles. The molecule has 1 aliphatic rings. The number of aromatic carboxylic acids is 1. The summed E-state index contributed by atoms with van der Waals surface area (Å²) < 4.78 is 7.05. The van der Waals surface area contributed by atoms with Crippen LogP contribution in [0.5, 0.6) is 0 Å². The van der Waals surface area contributed by atoms with Gasteiger partial charge in [-0.05, 0) is 49.7 Å². The first-order valence-corrected chi connectivity index (χ1v) is 12.0. The van der Waals surface area contributed by atoms with Gasteiger partial charge >= 0.3 is 11.9 Å². The van der Waals surface area contributed by atoms with Crippen molar-refractivity contribution in [1.82, 2.24) is 4.57 Å². The molecule has 180 valence electrons. The van der Waals surface area contributed by atoms with Gasteiger partial charge in [0.05, 0.1) is 34.5 Å². The van der Waals surface area contributed by atoms with E-state index in [0.29, 0.717) is 31.3 Å². The molecular formula is C24H19Cl2N3O5S. The Balaban J connectivity index is 1.81. The molecule has 8 nitrogen and oxygen atoms in total. The topological polar surface area (TPSA) is 110 Å². The van der Waals surface area contributed by atoms with Crippen molar-refractivity contribution in [3.8, 4) is 0 Å². The van der Waals surface area contributed by atoms with Crippen molar-refractivity contribution in [2.24, 2.45) is 4.99 Å². The predicted molar refractivity (Wildman–Crippen MR) is 135 cm³/mol. The SMILES string of the molecule is CCOC(=O)C1=C(C)N=c2s/c(=C\Nc3ccc(C(=O)O)c(Cl)c3)c(=O)n2[C@H]1c1ccc(Cl)cc1. The molecule has 0 radical (unpaired) electrons. The number of thiazole rings is 1. The molecule has 0 saturated carbocycles. The molecule has 0 fully saturated rings. The number of ether oxygens (including phenoxy) is 1. The zero-order valence-corrected chi connectivity index (χ0v) is 20.9. The van der Waals surface area contributed by atoms with Crippen molar-refractivity contribution < 1.29 is 19.4 Å². The van der Waals surface area contributed by atoms with Crippen LogP contribution in [0.1, 0.15) is 35.8 Å². The van der Waals surface area contributed by atoms with E-state index in [1.165, 1.54) is 22.9 Å². The number of halogens is 2. The Kier molecular flexibility index (Phi) is 7.11. The van der Waals surface area contributed by atoms with Crippen LogP contribution in [0.2, 0.25) is 10.0 Å². The molecule has 0 spiro atoms. The molecule has 1 atom stereocenters. The number of hydrogen-bond donors (Lipinski definition) is 2. The third-order valence-electron chi connectivity index (χ3n) is 5.27. The number of anilines is 1. The van der Waals surface area contributed by atoms with Gasteiger partial charge in [-0.15, -0.1) is 0 Å². The number of benzene rings is 2. The zero-order chi connectivity index (χ0) is 25.3. The minimum Gasteiger partial charge on any atom is -0.478 e. The number of nitrogens with zero attached hydrogens (tertiary/aromatic N) is 2. The van der Waals surface area contributed by atoms with Gasteiger partial charge in [0.25, 0.3) is 5.56 Å². The average molecular weight is 532 g/mol. The van der Waals surface area contributed by atoms with E-state index in [4.69, 9.17) is 33.0 Å². The molecule has 3 aromatic rings. The van der Waals surface area contributed by atoms with E-state index in [1.54, 1.807) is 44.2 Å². The summed E-state index contributed by atoms with van der Waals surface area (Å²) >= 11 is 13.2. The largest absolute Gasteiger partial charge is 0.478 e. The second kappa shape index (κ2) is 10.1. The molecule has 2 heterocycles. The maximum Gasteiger partial charge on any atom is 0.338 e. The van der Waals surface area contributed by atoms with E-state index < -0.39 is 18.0 Å². The summed E-state index contributed by atoms with van der Waals surface area (Å²) in [6, 6.07) is 10.5. The summed E-state index contributed by atoms with van der Waals surface area (Å²) in [5, 5.41) is 12.7. The number of fused-ring (bicyclic) bond motifs is 1. The van der Waals surface area contributed by atoms with Gasteiger partial charge in [0.15, 0.2) is 4.80 Å². The van der Waals surface area contributed by atoms with Gasteiger partial charge < -0.3 is 15.2 Å². The van der Waals surface area contributed by atoms with Crippen molar-refractivity contribution in [3.63, 3.8) is 0 Å². The van der Waals surface area contributed by atoms with Gasteiger partial charge in [-0.25, -0.2) is 14.6 Å². The Labute approximate surface area is 213 Å². The number of carboxylic acid groups (broad SMARTS) is 1. The lowest BCUT2D eigenvalue weighted by molar-refractivity contribution is -0.139. The van der Waals surface area contributed by atoms with Gasteiger partial charge in [0, 0.05) is 16.9 Å². The van der Waals surface area contributed by atoms with E-state index in [2.05, 4.69) is 10.3 Å². The minimum atomic E-state index is -1.13. The highest BCUT2D eigenvalue weighted by Gasteiger charge is 2.33. The van der Waals surface area contributed by atoms with E-state index in [1.807, 2.05) is 0 Å². The number of allylic oxidation sites excluding steroid dienone is 1. The lowest BCUT2D eigenvalue weighted by atomic mass is 9.96. The first-order chi connectivity index (χ1) is 16.7. The summed E-state index contributed by atoms with van der Waals surface area (Å²) in [7, 11) is 0. The first-order valence-electron chi connectivity index (χ1n) is 10.4. The van der Waals surface area contributed by atoms with Gasteiger partial charge in [-0.1, -0.05) is 46.7 Å². The fraction of sp³-hybridized carbons (Fsp3) is 0.167. The first kappa shape index (κ1) is 24.7. The smallest absolute Gasteiger partial charge is 0.338 e. The number of nitrogens with one attached hydrogen (secondary N) is 1. The van der Waals surface area contributed by atoms with Crippen molar-refractivity contribution >= 4 is 58.4 Å². The summed E-state index contributed by atoms with van der Waals surface area (Å²) in [6.07, 6.45) is 1.50. The summed E-state index contributed by atoms with van der Waals surface area (Å²) in [5.74, 6) is -1.68. The second-order valence-corrected chi connectivity index (χ2v) is 9.35. The molecule has 35 heavy (non-hydrogen) atoms. The normalized spacial score (nSPS) is 15.4. The third kappa shape index (κ3) is 4.88. The fourth-order valence-corrected chi connectivity index (χ4v) is 5.04. The van der Waals surface area contributed by atoms with Crippen LogP contribution in [0.3, 0.4) is 0 Å². The van der Waals surface area contributed by atoms with E-state index >= 15 is 0 Å². The van der Waals surface area contributed by atoms with E-state index in [9.17, 15) is 14.4 Å². The molecule has 0 unspecified atom stereocenters. The number of carboxylic acids is 1. The van der Waals surface area contributed by atoms with Crippen LogP contribution in [0.4, 0.5) is 5.69 Å². The molecule has 0 aliphatic carbocycles. The molecule has 0 saturated heterocycles. The Morgan fingerprint density at radius 3 is 2.57 bits per heavy atom. The monoisotopic (exact) mass is 531 g/mol. The zero-order valence-electron chi connectivity index (χ0n) is 18.5. The number of aromatic nitrogens is 1. The molecule has 0 bridgehead atoms. The molecule has 2 aromatic carbocycles. The van der Waals surface area contributed by atoms with Crippen molar-refractivity contribution in [2.45, 2.75) is 19.9 Å². The van der Waals surface area contributed by atoms with Gasteiger partial charge in [-0.2, -0.15) is 0 Å². The number of carbonyl (C=O) groups is 2. The molecule has 1 aliphatic heterocycles. The quantitative estimate of drug-likeness (QED) is 0.467. The van der Waals surface area contributed by atoms with Crippen LogP contribution in [0.25, 0.3) is 6.20 Å². The number of hydrogen-bond acceptors (Lipinski definition) is 7. The van der Waals surface area contributed by atoms with Crippen molar-refractivity contribution in [3.05, 3.63) is 94.6 Å². The van der Waals surface area contributed by atoms with Crippen molar-refractivity contribution in [2.75, 3.05) is 11.9 Å². The minimum absolute atomic E-state index is 0.0264. The third-order valence-corrected chi connectivity index (χ3v) is 6.82. The summed E-state index contributed by atoms with van der Waals surface area (Å²) in [4.78, 5) is 42.4. The molecule has 2 N–H and O–H groups in total. The number of carbonyl (C=O) groups excluding carboxylic acids is 1. The van der Waals surface area contributed by atoms with Crippen LogP contribution in [0.15, 0.2) is 63.5 Å². The van der Waals surface area contributed by atoms with Gasteiger partial charge in [0.1, 0.15) is 4.53 Å². The number of esters is 1. The maximum absolute atomic E-state index is 13.5. The lowest BCUT2D eigenvalue weighted by Gasteiger charge is -2.24. The van der Waals surface area contributed by atoms with Crippen LogP contribution in [0, 0.1) is 0 Å². The lowest BCUT2D eigenvalue weighted by Crippen LogP contribution is -2.40. The predicted octanol–water partition coefficient (Wildman–Crippen LogP) is 3.82. The average Bonchev–Trinajstić information content (AvgIpc) is 3.12. The Morgan fingerprint density at radius 2 is 1.94 bits per heavy atom. The van der Waals surface area contributed by atoms with Crippen LogP contribution >= 0.6 is 34.5 Å². The highest BCUT2D eigenvalue weighted by Crippen LogP contribution is 2.31. The fourth-order valence-electron chi connectivity index (χ4n) is 3.68. The van der Waals surface area contributed by atoms with Gasteiger partial charge in [-0.3, -0.25) is 9.36 Å². The van der Waals surface area contributed by atoms with Gasteiger partial charge in [0.2, 0.25) is 0 Å². The molecule has 4 rings (SSSR count). The standard InChI is InChI=1S/C24H19Cl2N3O5S/c1-3-34-23(33)19-12(2)28-24-29(20(19)13-4-6-14(25)7-5-13)21(30)18(35-24)11-27-15-8-9-16(22(31)32)17(26)10-15/h4-11,20,27H,3H2,1-2H3,(H,31,32)/b18-11-/t20-/m0/s1. The molecular weight excluding hydrogens is 513 g/mol. The Hall–Kier alpha value is -3.40. The Morgan fingerprint density at radius 1 is 1.23 bits per heavy atom. The molecule has 0 amide bonds.